The summed E-state index contributed by atoms with van der Waals surface area (Å²) < 4.78 is 32.8. The highest BCUT2D eigenvalue weighted by atomic mass is 32.2. The molecule has 0 radical (unpaired) electrons. The van der Waals surface area contributed by atoms with Crippen molar-refractivity contribution in [3.63, 3.8) is 0 Å². The van der Waals surface area contributed by atoms with Gasteiger partial charge in [0.1, 0.15) is 5.69 Å². The van der Waals surface area contributed by atoms with Crippen LogP contribution in [0.25, 0.3) is 10.6 Å². The summed E-state index contributed by atoms with van der Waals surface area (Å²) in [4.78, 5) is 33.1. The molecule has 36 heavy (non-hydrogen) atoms. The number of anilines is 1. The molecule has 4 rings (SSSR count). The average Bonchev–Trinajstić information content (AvgIpc) is 3.60. The highest BCUT2D eigenvalue weighted by molar-refractivity contribution is 7.93. The maximum atomic E-state index is 13.1. The minimum absolute atomic E-state index is 0.272. The third-order valence-electron chi connectivity index (χ3n) is 5.39. The predicted molar refractivity (Wildman–Crippen MR) is 137 cm³/mol. The van der Waals surface area contributed by atoms with Crippen LogP contribution in [0.5, 0.6) is 5.88 Å². The highest BCUT2D eigenvalue weighted by Crippen LogP contribution is 2.30. The molecular formula is C23H29N7O4S2. The van der Waals surface area contributed by atoms with Gasteiger partial charge < -0.3 is 15.0 Å². The second kappa shape index (κ2) is 11.3. The molecule has 0 aliphatic heterocycles. The van der Waals surface area contributed by atoms with Gasteiger partial charge in [0, 0.05) is 12.4 Å². The van der Waals surface area contributed by atoms with Gasteiger partial charge in [0.25, 0.3) is 5.91 Å². The third-order valence-corrected chi connectivity index (χ3v) is 8.28. The molecule has 13 heteroatoms. The molecule has 1 amide bonds. The Labute approximate surface area is 214 Å². The van der Waals surface area contributed by atoms with Crippen molar-refractivity contribution in [3.8, 4) is 16.5 Å². The van der Waals surface area contributed by atoms with Crippen molar-refractivity contribution < 1.29 is 17.9 Å². The number of pyridine rings is 1. The largest absolute Gasteiger partial charge is 0.477 e. The summed E-state index contributed by atoms with van der Waals surface area (Å²) in [5.41, 5.74) is 1.56. The first kappa shape index (κ1) is 25.9. The van der Waals surface area contributed by atoms with E-state index < -0.39 is 16.1 Å². The number of hydrogen-bond donors (Lipinski definition) is 2. The lowest BCUT2D eigenvalue weighted by Gasteiger charge is -2.20. The molecule has 0 saturated heterocycles. The van der Waals surface area contributed by atoms with E-state index in [4.69, 9.17) is 4.74 Å². The Hall–Kier alpha value is -3.16. The predicted octanol–water partition coefficient (Wildman–Crippen LogP) is 2.72. The van der Waals surface area contributed by atoms with E-state index in [-0.39, 0.29) is 16.2 Å². The van der Waals surface area contributed by atoms with E-state index >= 15 is 0 Å². The molecule has 1 atom stereocenters. The van der Waals surface area contributed by atoms with Crippen LogP contribution >= 0.6 is 11.3 Å². The molecule has 11 nitrogen and oxygen atoms in total. The van der Waals surface area contributed by atoms with Crippen molar-refractivity contribution in [2.24, 2.45) is 0 Å². The van der Waals surface area contributed by atoms with Gasteiger partial charge in [-0.15, -0.1) is 11.3 Å². The molecule has 0 spiro atoms. The molecule has 192 valence electrons. The lowest BCUT2D eigenvalue weighted by atomic mass is 10.1. The summed E-state index contributed by atoms with van der Waals surface area (Å²) in [5, 5.41) is 2.94. The number of sulfonamides is 1. The number of carbonyl (C=O) groups excluding carboxylic acids is 1. The number of amides is 1. The topological polar surface area (TPSA) is 139 Å². The molecule has 1 aliphatic rings. The number of hydrogen-bond acceptors (Lipinski definition) is 10. The number of nitrogens with zero attached hydrogens (tertiary/aromatic N) is 5. The van der Waals surface area contributed by atoms with Gasteiger partial charge in [-0.05, 0) is 59.0 Å². The van der Waals surface area contributed by atoms with Crippen molar-refractivity contribution in [1.82, 2.24) is 30.2 Å². The van der Waals surface area contributed by atoms with Crippen LogP contribution in [0.1, 0.15) is 47.7 Å². The van der Waals surface area contributed by atoms with Gasteiger partial charge in [-0.1, -0.05) is 0 Å². The first-order valence-corrected chi connectivity index (χ1v) is 14.0. The second-order valence-corrected chi connectivity index (χ2v) is 11.6. The third kappa shape index (κ3) is 6.74. The number of aromatic nitrogens is 4. The SMILES string of the molecule is CCOc1cncc(-c2cnc(C(=O)N[C@@H](CCN(C)C)c3cc(NS(=O)(=O)C4CC4)ccn3)s2)n1. The molecule has 1 saturated carbocycles. The Kier molecular flexibility index (Phi) is 8.11. The number of ether oxygens (including phenoxy) is 1. The number of nitrogens with one attached hydrogen (secondary N) is 2. The first-order valence-electron chi connectivity index (χ1n) is 11.6. The van der Waals surface area contributed by atoms with Crippen molar-refractivity contribution in [2.75, 3.05) is 32.0 Å². The van der Waals surface area contributed by atoms with Crippen LogP contribution in [0.15, 0.2) is 36.9 Å². The van der Waals surface area contributed by atoms with Crippen LogP contribution in [0.4, 0.5) is 5.69 Å². The van der Waals surface area contributed by atoms with Gasteiger partial charge in [-0.25, -0.2) is 18.4 Å². The van der Waals surface area contributed by atoms with E-state index in [1.807, 2.05) is 25.9 Å². The fourth-order valence-corrected chi connectivity index (χ4v) is 5.56. The standard InChI is InChI=1S/C23H29N7O4S2/c1-4-34-21-14-24-12-19(27-21)20-13-26-23(35-20)22(31)28-17(8-10-30(2)3)18-11-15(7-9-25-18)29-36(32,33)16-5-6-16/h7,9,11-14,16-17H,4-6,8,10H2,1-3H3,(H,25,29)(H,28,31)/t17-/m0/s1. The van der Waals surface area contributed by atoms with Crippen LogP contribution in [-0.4, -0.2) is 71.7 Å². The summed E-state index contributed by atoms with van der Waals surface area (Å²) >= 11 is 1.20. The van der Waals surface area contributed by atoms with Crippen LogP contribution in [0, 0.1) is 0 Å². The Balaban J connectivity index is 1.51. The quantitative estimate of drug-likeness (QED) is 0.361. The molecule has 3 heterocycles. The van der Waals surface area contributed by atoms with Crippen molar-refractivity contribution in [2.45, 2.75) is 37.5 Å². The number of rotatable bonds is 12. The summed E-state index contributed by atoms with van der Waals surface area (Å²) in [6.07, 6.45) is 8.17. The Morgan fingerprint density at radius 2 is 2.06 bits per heavy atom. The van der Waals surface area contributed by atoms with Gasteiger partial charge in [-0.2, -0.15) is 0 Å². The van der Waals surface area contributed by atoms with Gasteiger partial charge in [0.05, 0.1) is 46.6 Å². The minimum Gasteiger partial charge on any atom is -0.477 e. The van der Waals surface area contributed by atoms with E-state index in [1.165, 1.54) is 17.5 Å². The molecule has 1 aliphatic carbocycles. The van der Waals surface area contributed by atoms with Crippen LogP contribution in [0.2, 0.25) is 0 Å². The molecule has 0 unspecified atom stereocenters. The highest BCUT2D eigenvalue weighted by Gasteiger charge is 2.35. The maximum Gasteiger partial charge on any atom is 0.280 e. The van der Waals surface area contributed by atoms with Gasteiger partial charge in [0.2, 0.25) is 15.9 Å². The Morgan fingerprint density at radius 3 is 2.78 bits per heavy atom. The lowest BCUT2D eigenvalue weighted by Crippen LogP contribution is -2.31. The van der Waals surface area contributed by atoms with Crippen molar-refractivity contribution in [3.05, 3.63) is 47.6 Å². The van der Waals surface area contributed by atoms with Crippen molar-refractivity contribution in [1.29, 1.82) is 0 Å². The molecule has 0 aromatic carbocycles. The van der Waals surface area contributed by atoms with Crippen LogP contribution in [-0.2, 0) is 10.0 Å². The Bertz CT molecular complexity index is 1310. The van der Waals surface area contributed by atoms with E-state index in [1.54, 1.807) is 30.7 Å². The summed E-state index contributed by atoms with van der Waals surface area (Å²) in [5.74, 6) is 0.0520. The Morgan fingerprint density at radius 1 is 1.25 bits per heavy atom. The van der Waals surface area contributed by atoms with Crippen LogP contribution < -0.4 is 14.8 Å². The normalized spacial score (nSPS) is 14.4. The molecular weight excluding hydrogens is 502 g/mol. The minimum atomic E-state index is -3.41. The lowest BCUT2D eigenvalue weighted by molar-refractivity contribution is 0.0931. The summed E-state index contributed by atoms with van der Waals surface area (Å²) in [7, 11) is 0.476. The van der Waals surface area contributed by atoms with E-state index in [0.29, 0.717) is 60.2 Å². The fourth-order valence-electron chi connectivity index (χ4n) is 3.41. The second-order valence-electron chi connectivity index (χ2n) is 8.64. The smallest absolute Gasteiger partial charge is 0.280 e. The van der Waals surface area contributed by atoms with Gasteiger partial charge in [0.15, 0.2) is 5.01 Å². The monoisotopic (exact) mass is 531 g/mol. The van der Waals surface area contributed by atoms with Crippen molar-refractivity contribution >= 4 is 33.0 Å². The molecule has 3 aromatic rings. The van der Waals surface area contributed by atoms with E-state index in [9.17, 15) is 13.2 Å². The summed E-state index contributed by atoms with van der Waals surface area (Å²) in [6.45, 7) is 3.02. The zero-order valence-corrected chi connectivity index (χ0v) is 22.0. The fraction of sp³-hybridized carbons (Fsp3) is 0.435. The molecule has 3 aromatic heterocycles. The zero-order chi connectivity index (χ0) is 25.7. The average molecular weight is 532 g/mol. The van der Waals surface area contributed by atoms with Gasteiger partial charge in [-0.3, -0.25) is 19.5 Å². The molecule has 0 bridgehead atoms. The molecule has 2 N–H and O–H groups in total. The first-order chi connectivity index (χ1) is 17.2. The number of carbonyl (C=O) groups is 1. The van der Waals surface area contributed by atoms with Gasteiger partial charge >= 0.3 is 0 Å². The number of thiazole rings is 1. The molecule has 1 fully saturated rings. The van der Waals surface area contributed by atoms with E-state index in [0.717, 1.165) is 0 Å². The zero-order valence-electron chi connectivity index (χ0n) is 20.3. The maximum absolute atomic E-state index is 13.1. The summed E-state index contributed by atoms with van der Waals surface area (Å²) in [6, 6.07) is 2.83. The van der Waals surface area contributed by atoms with E-state index in [2.05, 4.69) is 30.0 Å². The van der Waals surface area contributed by atoms with Crippen LogP contribution in [0.3, 0.4) is 0 Å².